The second-order valence-electron chi connectivity index (χ2n) is 17.0. The Morgan fingerprint density at radius 1 is 0.844 bits per heavy atom. The molecule has 0 radical (unpaired) electrons. The van der Waals surface area contributed by atoms with Gasteiger partial charge < -0.3 is 44.4 Å². The fourth-order valence-electron chi connectivity index (χ4n) is 7.61. The number of aliphatic hydroxyl groups excluding tert-OH is 1. The predicted molar refractivity (Wildman–Crippen MR) is 247 cm³/mol. The maximum atomic E-state index is 13.4. The molecule has 0 bridgehead atoms. The number of pyridine rings is 2. The highest BCUT2D eigenvalue weighted by Gasteiger charge is 2.39. The number of hydrogen-bond donors (Lipinski definition) is 4. The van der Waals surface area contributed by atoms with E-state index in [-0.39, 0.29) is 36.5 Å². The Morgan fingerprint density at radius 3 is 2.23 bits per heavy atom. The van der Waals surface area contributed by atoms with Crippen molar-refractivity contribution >= 4 is 45.0 Å². The molecule has 340 valence electrons. The number of likely N-dealkylation sites (tertiary alicyclic amines) is 1. The Morgan fingerprint density at radius 2 is 1.55 bits per heavy atom. The molecular formula is C48H59N7O8S. The molecule has 0 aliphatic carbocycles. The van der Waals surface area contributed by atoms with Crippen LogP contribution in [-0.4, -0.2) is 132 Å². The first-order chi connectivity index (χ1) is 31.0. The summed E-state index contributed by atoms with van der Waals surface area (Å²) in [4.78, 5) is 45.9. The molecule has 6 aromatic rings. The van der Waals surface area contributed by atoms with E-state index in [2.05, 4.69) is 48.8 Å². The largest absolute Gasteiger partial charge is 0.475 e. The van der Waals surface area contributed by atoms with Crippen molar-refractivity contribution in [1.82, 2.24) is 35.5 Å². The summed E-state index contributed by atoms with van der Waals surface area (Å²) in [7, 11) is 0. The molecule has 5 heterocycles. The lowest BCUT2D eigenvalue weighted by Crippen LogP contribution is -2.54. The van der Waals surface area contributed by atoms with Crippen molar-refractivity contribution in [2.24, 2.45) is 5.41 Å². The van der Waals surface area contributed by atoms with Crippen LogP contribution in [0.5, 0.6) is 5.88 Å². The number of aryl methyl sites for hydroxylation is 1. The van der Waals surface area contributed by atoms with Crippen molar-refractivity contribution in [3.05, 3.63) is 96.0 Å². The van der Waals surface area contributed by atoms with Crippen LogP contribution < -0.4 is 15.4 Å². The topological polar surface area (TPSA) is 182 Å². The standard InChI is InChI=1S/C48H59N7O8S/c1-32-46(64-31-52-32)34-7-5-33(6-8-34)25-51-47(58)42-24-37(56)28-55(42)29-43(48(2,3)4)54-44(57)30-62-20-19-60-16-15-59-17-18-61-21-22-63-45-12-10-36(26-50-45)35-9-11-38-39-27-49-14-13-40(39)53-41(38)23-35/h5-14,23,26-27,31,37,42-43,53,56H,15-22,24-25,28-30H2,1-4H3,(H,51,58)(H,54,57)/t37-,42+,43-/m1/s1. The molecule has 7 rings (SSSR count). The Balaban J connectivity index is 0.709. The third-order valence-electron chi connectivity index (χ3n) is 11.2. The minimum absolute atomic E-state index is 0.121. The van der Waals surface area contributed by atoms with Crippen molar-refractivity contribution in [1.29, 1.82) is 0 Å². The number of aromatic amines is 1. The molecule has 0 unspecified atom stereocenters. The van der Waals surface area contributed by atoms with E-state index < -0.39 is 12.1 Å². The van der Waals surface area contributed by atoms with Crippen LogP contribution in [0.25, 0.3) is 43.4 Å². The van der Waals surface area contributed by atoms with Crippen LogP contribution in [-0.2, 0) is 35.1 Å². The quantitative estimate of drug-likeness (QED) is 0.0557. The fourth-order valence-corrected chi connectivity index (χ4v) is 8.42. The molecule has 4 aromatic heterocycles. The van der Waals surface area contributed by atoms with Gasteiger partial charge in [-0.15, -0.1) is 11.3 Å². The molecule has 1 fully saturated rings. The normalized spacial score (nSPS) is 16.1. The van der Waals surface area contributed by atoms with Crippen LogP contribution in [0.1, 0.15) is 38.4 Å². The summed E-state index contributed by atoms with van der Waals surface area (Å²) in [6.45, 7) is 12.1. The lowest BCUT2D eigenvalue weighted by Gasteiger charge is -2.36. The number of thiazole rings is 1. The van der Waals surface area contributed by atoms with Gasteiger partial charge in [-0.3, -0.25) is 19.5 Å². The van der Waals surface area contributed by atoms with Crippen molar-refractivity contribution in [3.8, 4) is 27.4 Å². The number of nitrogens with one attached hydrogen (secondary N) is 3. The van der Waals surface area contributed by atoms with Gasteiger partial charge in [0.05, 0.1) is 74.5 Å². The number of rotatable bonds is 23. The van der Waals surface area contributed by atoms with Gasteiger partial charge in [-0.05, 0) is 53.6 Å². The number of hydrogen-bond acceptors (Lipinski definition) is 13. The molecule has 1 aliphatic rings. The molecule has 2 amide bonds. The highest BCUT2D eigenvalue weighted by Crippen LogP contribution is 2.30. The smallest absolute Gasteiger partial charge is 0.246 e. The number of H-pyrrole nitrogens is 1. The number of aliphatic hydroxyl groups is 1. The van der Waals surface area contributed by atoms with Crippen LogP contribution in [0.15, 0.2) is 84.8 Å². The van der Waals surface area contributed by atoms with E-state index in [9.17, 15) is 14.7 Å². The molecule has 3 atom stereocenters. The van der Waals surface area contributed by atoms with Crippen LogP contribution in [0, 0.1) is 12.3 Å². The van der Waals surface area contributed by atoms with Crippen LogP contribution in [0.3, 0.4) is 0 Å². The summed E-state index contributed by atoms with van der Waals surface area (Å²) in [5, 5.41) is 19.0. The van der Waals surface area contributed by atoms with E-state index in [0.717, 1.165) is 54.6 Å². The number of ether oxygens (including phenoxy) is 5. The second-order valence-corrected chi connectivity index (χ2v) is 17.8. The molecule has 16 heteroatoms. The van der Waals surface area contributed by atoms with Gasteiger partial charge in [-0.2, -0.15) is 0 Å². The number of benzene rings is 2. The van der Waals surface area contributed by atoms with Gasteiger partial charge in [-0.25, -0.2) is 9.97 Å². The second kappa shape index (κ2) is 22.5. The maximum Gasteiger partial charge on any atom is 0.246 e. The molecule has 2 aromatic carbocycles. The zero-order valence-electron chi connectivity index (χ0n) is 37.0. The maximum absolute atomic E-state index is 13.4. The average molecular weight is 894 g/mol. The highest BCUT2D eigenvalue weighted by molar-refractivity contribution is 7.13. The molecular weight excluding hydrogens is 835 g/mol. The van der Waals surface area contributed by atoms with Gasteiger partial charge in [-0.1, -0.05) is 57.2 Å². The molecule has 0 saturated carbocycles. The zero-order chi connectivity index (χ0) is 44.9. The summed E-state index contributed by atoms with van der Waals surface area (Å²) in [6, 6.07) is 19.4. The number of amides is 2. The highest BCUT2D eigenvalue weighted by atomic mass is 32.1. The SMILES string of the molecule is Cc1ncsc1-c1ccc(CNC(=O)[C@@H]2C[C@@H](O)CN2C[C@@H](NC(=O)COCCOCCOCCOCCOc2ccc(-c3ccc4c(c3)[nH]c3ccncc34)cn2)C(C)(C)C)cc1. The Kier molecular flexibility index (Phi) is 16.4. The number of carbonyl (C=O) groups is 2. The van der Waals surface area contributed by atoms with Crippen LogP contribution in [0.4, 0.5) is 0 Å². The number of nitrogens with zero attached hydrogens (tertiary/aromatic N) is 4. The van der Waals surface area contributed by atoms with Crippen molar-refractivity contribution < 1.29 is 38.4 Å². The zero-order valence-corrected chi connectivity index (χ0v) is 37.8. The first-order valence-electron chi connectivity index (χ1n) is 21.8. The number of fused-ring (bicyclic) bond motifs is 3. The van der Waals surface area contributed by atoms with Crippen molar-refractivity contribution in [2.75, 3.05) is 72.6 Å². The van der Waals surface area contributed by atoms with Crippen molar-refractivity contribution in [3.63, 3.8) is 0 Å². The first-order valence-corrected chi connectivity index (χ1v) is 22.6. The van der Waals surface area contributed by atoms with E-state index in [4.69, 9.17) is 23.7 Å². The number of carbonyl (C=O) groups excluding carboxylic acids is 2. The van der Waals surface area contributed by atoms with E-state index in [1.54, 1.807) is 23.7 Å². The molecule has 15 nitrogen and oxygen atoms in total. The van der Waals surface area contributed by atoms with Gasteiger partial charge in [0.1, 0.15) is 13.2 Å². The Hall–Kier alpha value is -5.33. The van der Waals surface area contributed by atoms with Gasteiger partial charge >= 0.3 is 0 Å². The molecule has 64 heavy (non-hydrogen) atoms. The third kappa shape index (κ3) is 12.9. The summed E-state index contributed by atoms with van der Waals surface area (Å²) in [5.41, 5.74) is 8.78. The number of β-amino-alcohol motifs (C(OH)–C–C–N with tert-alkyl or cyclic N) is 1. The molecule has 4 N–H and O–H groups in total. The predicted octanol–water partition coefficient (Wildman–Crippen LogP) is 5.94. The average Bonchev–Trinajstić information content (AvgIpc) is 4.01. The van der Waals surface area contributed by atoms with Gasteiger partial charge in [0.15, 0.2) is 0 Å². The van der Waals surface area contributed by atoms with E-state index >= 15 is 0 Å². The monoisotopic (exact) mass is 893 g/mol. The Labute approximate surface area is 377 Å². The minimum atomic E-state index is -0.630. The first kappa shape index (κ1) is 46.7. The summed E-state index contributed by atoms with van der Waals surface area (Å²) in [6.07, 6.45) is 5.17. The molecule has 1 saturated heterocycles. The minimum Gasteiger partial charge on any atom is -0.475 e. The lowest BCUT2D eigenvalue weighted by molar-refractivity contribution is -0.128. The summed E-state index contributed by atoms with van der Waals surface area (Å²) >= 11 is 1.60. The third-order valence-corrected chi connectivity index (χ3v) is 12.2. The van der Waals surface area contributed by atoms with Crippen molar-refractivity contribution in [2.45, 2.75) is 58.8 Å². The molecule has 1 aliphatic heterocycles. The lowest BCUT2D eigenvalue weighted by atomic mass is 9.86. The van der Waals surface area contributed by atoms with Crippen LogP contribution in [0.2, 0.25) is 0 Å². The summed E-state index contributed by atoms with van der Waals surface area (Å²) in [5.74, 6) is 0.132. The van der Waals surface area contributed by atoms with E-state index in [1.165, 1.54) is 0 Å². The van der Waals surface area contributed by atoms with E-state index in [0.29, 0.717) is 78.2 Å². The van der Waals surface area contributed by atoms with Gasteiger partial charge in [0.25, 0.3) is 0 Å². The summed E-state index contributed by atoms with van der Waals surface area (Å²) < 4.78 is 28.2. The fraction of sp³-hybridized carbons (Fsp3) is 0.438. The van der Waals surface area contributed by atoms with E-state index in [1.807, 2.05) is 86.8 Å². The van der Waals surface area contributed by atoms with Gasteiger partial charge in [0, 0.05) is 77.7 Å². The Bertz CT molecular complexity index is 2420. The number of aromatic nitrogens is 4. The van der Waals surface area contributed by atoms with Gasteiger partial charge in [0.2, 0.25) is 17.7 Å². The molecule has 0 spiro atoms. The van der Waals surface area contributed by atoms with Crippen LogP contribution >= 0.6 is 11.3 Å².